The van der Waals surface area contributed by atoms with Gasteiger partial charge in [0.15, 0.2) is 10.8 Å². The number of nitrogens with zero attached hydrogens (tertiary/aromatic N) is 1. The van der Waals surface area contributed by atoms with E-state index in [0.717, 1.165) is 29.5 Å². The normalized spacial score (nSPS) is 10.2. The van der Waals surface area contributed by atoms with Crippen LogP contribution in [0.25, 0.3) is 0 Å². The van der Waals surface area contributed by atoms with Crippen molar-refractivity contribution in [3.05, 3.63) is 46.5 Å². The molecule has 0 fully saturated rings. The van der Waals surface area contributed by atoms with Crippen LogP contribution in [0.5, 0.6) is 0 Å². The summed E-state index contributed by atoms with van der Waals surface area (Å²) in [6, 6.07) is 2.55. The third-order valence-electron chi connectivity index (χ3n) is 2.38. The second-order valence-electron chi connectivity index (χ2n) is 3.84. The zero-order valence-electron chi connectivity index (χ0n) is 10.9. The molecule has 2 aromatic rings. The highest BCUT2D eigenvalue weighted by atomic mass is 32.1. The second-order valence-corrected chi connectivity index (χ2v) is 4.69. The standard InChI is InChI=1S/C13H10F2N2O3S/c1-2-20-12(19)10-6-21-13(16-10)17-11(18)8-5-7(14)3-4-9(8)15/h3-6H,2H2,1H3,(H,16,17,18). The lowest BCUT2D eigenvalue weighted by Crippen LogP contribution is -2.14. The largest absolute Gasteiger partial charge is 0.461 e. The Kier molecular flexibility index (Phi) is 4.59. The summed E-state index contributed by atoms with van der Waals surface area (Å²) < 4.78 is 31.2. The predicted octanol–water partition coefficient (Wildman–Crippen LogP) is 2.85. The van der Waals surface area contributed by atoms with E-state index in [9.17, 15) is 18.4 Å². The van der Waals surface area contributed by atoms with Gasteiger partial charge in [0.1, 0.15) is 11.6 Å². The minimum Gasteiger partial charge on any atom is -0.461 e. The maximum absolute atomic E-state index is 13.4. The van der Waals surface area contributed by atoms with Crippen LogP contribution in [0.2, 0.25) is 0 Å². The third kappa shape index (κ3) is 3.60. The molecule has 1 aromatic heterocycles. The van der Waals surface area contributed by atoms with Gasteiger partial charge in [0.05, 0.1) is 12.2 Å². The molecule has 1 amide bonds. The van der Waals surface area contributed by atoms with Crippen molar-refractivity contribution in [2.75, 3.05) is 11.9 Å². The number of benzene rings is 1. The van der Waals surface area contributed by atoms with E-state index in [1.807, 2.05) is 0 Å². The number of anilines is 1. The Morgan fingerprint density at radius 3 is 2.86 bits per heavy atom. The number of carbonyl (C=O) groups is 2. The summed E-state index contributed by atoms with van der Waals surface area (Å²) in [6.45, 7) is 1.85. The molecule has 8 heteroatoms. The number of aromatic nitrogens is 1. The molecule has 0 atom stereocenters. The fraction of sp³-hybridized carbons (Fsp3) is 0.154. The lowest BCUT2D eigenvalue weighted by atomic mass is 10.2. The van der Waals surface area contributed by atoms with Crippen LogP contribution in [-0.4, -0.2) is 23.5 Å². The van der Waals surface area contributed by atoms with Gasteiger partial charge in [-0.3, -0.25) is 10.1 Å². The average Bonchev–Trinajstić information content (AvgIpc) is 2.90. The Bertz CT molecular complexity index is 688. The van der Waals surface area contributed by atoms with Gasteiger partial charge in [0, 0.05) is 5.38 Å². The quantitative estimate of drug-likeness (QED) is 0.882. The number of carbonyl (C=O) groups excluding carboxylic acids is 2. The first-order valence-corrected chi connectivity index (χ1v) is 6.78. The molecule has 0 unspecified atom stereocenters. The SMILES string of the molecule is CCOC(=O)c1csc(NC(=O)c2cc(F)ccc2F)n1. The van der Waals surface area contributed by atoms with Gasteiger partial charge in [-0.2, -0.15) is 0 Å². The summed E-state index contributed by atoms with van der Waals surface area (Å²) in [5, 5.41) is 3.79. The van der Waals surface area contributed by atoms with E-state index in [-0.39, 0.29) is 17.4 Å². The Morgan fingerprint density at radius 1 is 1.38 bits per heavy atom. The van der Waals surface area contributed by atoms with E-state index in [4.69, 9.17) is 4.74 Å². The Labute approximate surface area is 122 Å². The molecular weight excluding hydrogens is 302 g/mol. The van der Waals surface area contributed by atoms with Gasteiger partial charge < -0.3 is 4.74 Å². The third-order valence-corrected chi connectivity index (χ3v) is 3.14. The molecule has 0 saturated carbocycles. The Balaban J connectivity index is 2.13. The number of nitrogens with one attached hydrogen (secondary N) is 1. The molecule has 0 bridgehead atoms. The molecule has 110 valence electrons. The zero-order valence-corrected chi connectivity index (χ0v) is 11.7. The molecule has 2 rings (SSSR count). The van der Waals surface area contributed by atoms with E-state index >= 15 is 0 Å². The van der Waals surface area contributed by atoms with Crippen LogP contribution in [0.15, 0.2) is 23.6 Å². The maximum atomic E-state index is 13.4. The number of halogens is 2. The highest BCUT2D eigenvalue weighted by Gasteiger charge is 2.16. The summed E-state index contributed by atoms with van der Waals surface area (Å²) in [5.41, 5.74) is -0.403. The smallest absolute Gasteiger partial charge is 0.357 e. The van der Waals surface area contributed by atoms with Crippen molar-refractivity contribution in [3.8, 4) is 0 Å². The van der Waals surface area contributed by atoms with E-state index in [0.29, 0.717) is 0 Å². The number of amides is 1. The van der Waals surface area contributed by atoms with E-state index in [2.05, 4.69) is 10.3 Å². The second kappa shape index (κ2) is 6.40. The van der Waals surface area contributed by atoms with Crippen molar-refractivity contribution < 1.29 is 23.1 Å². The van der Waals surface area contributed by atoms with Crippen LogP contribution in [0, 0.1) is 11.6 Å². The van der Waals surface area contributed by atoms with Gasteiger partial charge in [-0.05, 0) is 25.1 Å². The Hall–Kier alpha value is -2.35. The summed E-state index contributed by atoms with van der Waals surface area (Å²) in [7, 11) is 0. The molecule has 0 spiro atoms. The lowest BCUT2D eigenvalue weighted by Gasteiger charge is -2.03. The number of rotatable bonds is 4. The van der Waals surface area contributed by atoms with Crippen LogP contribution in [0.1, 0.15) is 27.8 Å². The fourth-order valence-electron chi connectivity index (χ4n) is 1.47. The number of esters is 1. The minimum absolute atomic E-state index is 0.0388. The van der Waals surface area contributed by atoms with E-state index < -0.39 is 29.1 Å². The average molecular weight is 312 g/mol. The first-order valence-electron chi connectivity index (χ1n) is 5.90. The molecule has 0 aliphatic heterocycles. The molecule has 1 heterocycles. The summed E-state index contributed by atoms with van der Waals surface area (Å²) in [4.78, 5) is 27.1. The zero-order chi connectivity index (χ0) is 15.4. The van der Waals surface area contributed by atoms with Crippen LogP contribution < -0.4 is 5.32 Å². The predicted molar refractivity (Wildman–Crippen MR) is 72.4 cm³/mol. The van der Waals surface area contributed by atoms with Gasteiger partial charge >= 0.3 is 5.97 Å². The number of hydrogen-bond donors (Lipinski definition) is 1. The molecular formula is C13H10F2N2O3S. The van der Waals surface area contributed by atoms with Crippen LogP contribution in [0.3, 0.4) is 0 Å². The summed E-state index contributed by atoms with van der Waals surface area (Å²) in [6.07, 6.45) is 0. The van der Waals surface area contributed by atoms with Crippen molar-refractivity contribution >= 4 is 28.3 Å². The molecule has 21 heavy (non-hydrogen) atoms. The van der Waals surface area contributed by atoms with E-state index in [1.54, 1.807) is 6.92 Å². The van der Waals surface area contributed by atoms with Gasteiger partial charge in [0.25, 0.3) is 5.91 Å². The van der Waals surface area contributed by atoms with E-state index in [1.165, 1.54) is 5.38 Å². The van der Waals surface area contributed by atoms with Gasteiger partial charge in [-0.25, -0.2) is 18.6 Å². The number of hydrogen-bond acceptors (Lipinski definition) is 5. The van der Waals surface area contributed by atoms with Gasteiger partial charge in [-0.1, -0.05) is 0 Å². The molecule has 5 nitrogen and oxygen atoms in total. The maximum Gasteiger partial charge on any atom is 0.357 e. The fourth-order valence-corrected chi connectivity index (χ4v) is 2.14. The Morgan fingerprint density at radius 2 is 2.14 bits per heavy atom. The van der Waals surface area contributed by atoms with Crippen LogP contribution in [-0.2, 0) is 4.74 Å². The molecule has 0 aliphatic rings. The first kappa shape index (κ1) is 15.0. The van der Waals surface area contributed by atoms with Crippen molar-refractivity contribution in [1.82, 2.24) is 4.98 Å². The van der Waals surface area contributed by atoms with Gasteiger partial charge in [0.2, 0.25) is 0 Å². The minimum atomic E-state index is -0.851. The van der Waals surface area contributed by atoms with Crippen molar-refractivity contribution in [1.29, 1.82) is 0 Å². The summed E-state index contributed by atoms with van der Waals surface area (Å²) in [5.74, 6) is -3.05. The monoisotopic (exact) mass is 312 g/mol. The van der Waals surface area contributed by atoms with Crippen molar-refractivity contribution in [3.63, 3.8) is 0 Å². The number of thiazole rings is 1. The molecule has 0 saturated heterocycles. The molecule has 0 aliphatic carbocycles. The van der Waals surface area contributed by atoms with Crippen molar-refractivity contribution in [2.45, 2.75) is 6.92 Å². The topological polar surface area (TPSA) is 68.3 Å². The van der Waals surface area contributed by atoms with Gasteiger partial charge in [-0.15, -0.1) is 11.3 Å². The number of ether oxygens (including phenoxy) is 1. The van der Waals surface area contributed by atoms with Crippen molar-refractivity contribution in [2.24, 2.45) is 0 Å². The molecule has 1 N–H and O–H groups in total. The summed E-state index contributed by atoms with van der Waals surface area (Å²) >= 11 is 0.977. The van der Waals surface area contributed by atoms with Crippen LogP contribution in [0.4, 0.5) is 13.9 Å². The highest BCUT2D eigenvalue weighted by molar-refractivity contribution is 7.14. The van der Waals surface area contributed by atoms with Crippen LogP contribution >= 0.6 is 11.3 Å². The lowest BCUT2D eigenvalue weighted by molar-refractivity contribution is 0.0520. The molecule has 1 aromatic carbocycles. The molecule has 0 radical (unpaired) electrons. The first-order chi connectivity index (χ1) is 10.0. The highest BCUT2D eigenvalue weighted by Crippen LogP contribution is 2.18.